The zero-order valence-corrected chi connectivity index (χ0v) is 8.82. The highest BCUT2D eigenvalue weighted by Crippen LogP contribution is 2.13. The second-order valence-corrected chi connectivity index (χ2v) is 3.63. The molecule has 0 saturated carbocycles. The minimum atomic E-state index is -0.00620. The normalized spacial score (nSPS) is 9.93. The predicted octanol–water partition coefficient (Wildman–Crippen LogP) is 2.60. The first-order valence-corrected chi connectivity index (χ1v) is 4.96. The SMILES string of the molecule is O=C(c1ccncc1)c1cccc(S)c1. The molecular formula is C12H9NOS. The highest BCUT2D eigenvalue weighted by molar-refractivity contribution is 7.80. The van der Waals surface area contributed by atoms with Crippen LogP contribution in [-0.4, -0.2) is 10.8 Å². The summed E-state index contributed by atoms with van der Waals surface area (Å²) in [4.78, 5) is 16.6. The number of rotatable bonds is 2. The van der Waals surface area contributed by atoms with Crippen molar-refractivity contribution in [2.75, 3.05) is 0 Å². The van der Waals surface area contributed by atoms with Crippen LogP contribution >= 0.6 is 12.6 Å². The molecule has 0 amide bonds. The number of thiol groups is 1. The van der Waals surface area contributed by atoms with Gasteiger partial charge in [0.05, 0.1) is 0 Å². The number of hydrogen-bond donors (Lipinski definition) is 1. The molecule has 2 aromatic rings. The van der Waals surface area contributed by atoms with Gasteiger partial charge in [-0.1, -0.05) is 12.1 Å². The molecule has 74 valence electrons. The van der Waals surface area contributed by atoms with Gasteiger partial charge in [-0.15, -0.1) is 12.6 Å². The smallest absolute Gasteiger partial charge is 0.193 e. The van der Waals surface area contributed by atoms with Crippen LogP contribution in [0.5, 0.6) is 0 Å². The summed E-state index contributed by atoms with van der Waals surface area (Å²) in [6.07, 6.45) is 3.22. The summed E-state index contributed by atoms with van der Waals surface area (Å²) in [5.74, 6) is -0.00620. The topological polar surface area (TPSA) is 30.0 Å². The molecule has 3 heteroatoms. The molecule has 15 heavy (non-hydrogen) atoms. The first kappa shape index (κ1) is 9.93. The quantitative estimate of drug-likeness (QED) is 0.616. The monoisotopic (exact) mass is 215 g/mol. The van der Waals surface area contributed by atoms with E-state index in [1.54, 1.807) is 36.7 Å². The van der Waals surface area contributed by atoms with E-state index in [2.05, 4.69) is 17.6 Å². The Morgan fingerprint density at radius 2 is 1.80 bits per heavy atom. The molecule has 0 aliphatic rings. The maximum absolute atomic E-state index is 11.9. The Bertz CT molecular complexity index is 482. The fourth-order valence-electron chi connectivity index (χ4n) is 1.32. The van der Waals surface area contributed by atoms with E-state index in [4.69, 9.17) is 0 Å². The largest absolute Gasteiger partial charge is 0.289 e. The minimum Gasteiger partial charge on any atom is -0.289 e. The number of nitrogens with zero attached hydrogens (tertiary/aromatic N) is 1. The number of carbonyl (C=O) groups is 1. The summed E-state index contributed by atoms with van der Waals surface area (Å²) in [5, 5.41) is 0. The molecule has 0 aliphatic heterocycles. The maximum atomic E-state index is 11.9. The molecule has 0 spiro atoms. The van der Waals surface area contributed by atoms with Crippen molar-refractivity contribution < 1.29 is 4.79 Å². The third-order valence-electron chi connectivity index (χ3n) is 2.05. The van der Waals surface area contributed by atoms with E-state index >= 15 is 0 Å². The van der Waals surface area contributed by atoms with E-state index in [-0.39, 0.29) is 5.78 Å². The van der Waals surface area contributed by atoms with Gasteiger partial charge in [-0.25, -0.2) is 0 Å². The number of benzene rings is 1. The molecular weight excluding hydrogens is 206 g/mol. The van der Waals surface area contributed by atoms with E-state index < -0.39 is 0 Å². The Labute approximate surface area is 93.4 Å². The molecule has 0 unspecified atom stereocenters. The number of ketones is 1. The Balaban J connectivity index is 2.37. The fraction of sp³-hybridized carbons (Fsp3) is 0. The Morgan fingerprint density at radius 3 is 2.47 bits per heavy atom. The number of carbonyl (C=O) groups excluding carboxylic acids is 1. The molecule has 2 rings (SSSR count). The van der Waals surface area contributed by atoms with Crippen LogP contribution in [0.2, 0.25) is 0 Å². The van der Waals surface area contributed by atoms with Crippen LogP contribution < -0.4 is 0 Å². The van der Waals surface area contributed by atoms with E-state index in [1.807, 2.05) is 12.1 Å². The third-order valence-corrected chi connectivity index (χ3v) is 2.33. The van der Waals surface area contributed by atoms with Crippen molar-refractivity contribution >= 4 is 18.4 Å². The Morgan fingerprint density at radius 1 is 1.07 bits per heavy atom. The van der Waals surface area contributed by atoms with Crippen molar-refractivity contribution in [1.29, 1.82) is 0 Å². The summed E-state index contributed by atoms with van der Waals surface area (Å²) in [6, 6.07) is 10.6. The molecule has 0 radical (unpaired) electrons. The zero-order valence-electron chi connectivity index (χ0n) is 7.92. The van der Waals surface area contributed by atoms with Gasteiger partial charge in [-0.3, -0.25) is 9.78 Å². The fourth-order valence-corrected chi connectivity index (χ4v) is 1.54. The van der Waals surface area contributed by atoms with Gasteiger partial charge in [0, 0.05) is 28.4 Å². The van der Waals surface area contributed by atoms with Crippen molar-refractivity contribution in [2.24, 2.45) is 0 Å². The number of hydrogen-bond acceptors (Lipinski definition) is 3. The summed E-state index contributed by atoms with van der Waals surface area (Å²) in [6.45, 7) is 0. The van der Waals surface area contributed by atoms with Crippen LogP contribution in [0.25, 0.3) is 0 Å². The average Bonchev–Trinajstić information content (AvgIpc) is 2.29. The molecule has 0 saturated heterocycles. The summed E-state index contributed by atoms with van der Waals surface area (Å²) in [5.41, 5.74) is 1.29. The van der Waals surface area contributed by atoms with Crippen molar-refractivity contribution in [2.45, 2.75) is 4.90 Å². The van der Waals surface area contributed by atoms with Crippen molar-refractivity contribution in [3.8, 4) is 0 Å². The average molecular weight is 215 g/mol. The van der Waals surface area contributed by atoms with Gasteiger partial charge >= 0.3 is 0 Å². The second kappa shape index (κ2) is 4.28. The van der Waals surface area contributed by atoms with Crippen molar-refractivity contribution in [1.82, 2.24) is 4.98 Å². The summed E-state index contributed by atoms with van der Waals surface area (Å²) < 4.78 is 0. The zero-order chi connectivity index (χ0) is 10.7. The lowest BCUT2D eigenvalue weighted by atomic mass is 10.1. The first-order chi connectivity index (χ1) is 7.27. The van der Waals surface area contributed by atoms with Crippen LogP contribution in [-0.2, 0) is 0 Å². The highest BCUT2D eigenvalue weighted by Gasteiger charge is 2.07. The Hall–Kier alpha value is -1.61. The van der Waals surface area contributed by atoms with Crippen molar-refractivity contribution in [3.63, 3.8) is 0 Å². The molecule has 0 atom stereocenters. The van der Waals surface area contributed by atoms with Crippen LogP contribution in [0.15, 0.2) is 53.7 Å². The van der Waals surface area contributed by atoms with Crippen LogP contribution in [0.4, 0.5) is 0 Å². The first-order valence-electron chi connectivity index (χ1n) is 4.51. The molecule has 0 N–H and O–H groups in total. The van der Waals surface area contributed by atoms with E-state index in [0.717, 1.165) is 4.90 Å². The van der Waals surface area contributed by atoms with Crippen molar-refractivity contribution in [3.05, 3.63) is 59.9 Å². The van der Waals surface area contributed by atoms with E-state index in [1.165, 1.54) is 0 Å². The van der Waals surface area contributed by atoms with Crippen LogP contribution in [0.1, 0.15) is 15.9 Å². The third kappa shape index (κ3) is 2.25. The minimum absolute atomic E-state index is 0.00620. The molecule has 0 bridgehead atoms. The molecule has 0 fully saturated rings. The molecule has 1 heterocycles. The Kier molecular flexibility index (Phi) is 2.83. The number of aromatic nitrogens is 1. The van der Waals surface area contributed by atoms with Gasteiger partial charge in [0.1, 0.15) is 0 Å². The molecule has 1 aromatic heterocycles. The van der Waals surface area contributed by atoms with Gasteiger partial charge in [0.2, 0.25) is 0 Å². The molecule has 0 aliphatic carbocycles. The highest BCUT2D eigenvalue weighted by atomic mass is 32.1. The lowest BCUT2D eigenvalue weighted by molar-refractivity contribution is 0.103. The molecule has 1 aromatic carbocycles. The second-order valence-electron chi connectivity index (χ2n) is 3.12. The van der Waals surface area contributed by atoms with Gasteiger partial charge in [0.15, 0.2) is 5.78 Å². The lowest BCUT2D eigenvalue weighted by Gasteiger charge is -2.00. The van der Waals surface area contributed by atoms with E-state index in [0.29, 0.717) is 11.1 Å². The van der Waals surface area contributed by atoms with Crippen LogP contribution in [0.3, 0.4) is 0 Å². The van der Waals surface area contributed by atoms with E-state index in [9.17, 15) is 4.79 Å². The van der Waals surface area contributed by atoms with Gasteiger partial charge in [0.25, 0.3) is 0 Å². The standard InChI is InChI=1S/C12H9NOS/c14-12(9-4-6-13-7-5-9)10-2-1-3-11(15)8-10/h1-8,15H. The lowest BCUT2D eigenvalue weighted by Crippen LogP contribution is -2.00. The van der Waals surface area contributed by atoms with Gasteiger partial charge in [-0.2, -0.15) is 0 Å². The maximum Gasteiger partial charge on any atom is 0.193 e. The van der Waals surface area contributed by atoms with Gasteiger partial charge in [-0.05, 0) is 24.3 Å². The summed E-state index contributed by atoms with van der Waals surface area (Å²) in [7, 11) is 0. The predicted molar refractivity (Wildman–Crippen MR) is 61.4 cm³/mol. The molecule has 2 nitrogen and oxygen atoms in total. The van der Waals surface area contributed by atoms with Gasteiger partial charge < -0.3 is 0 Å². The summed E-state index contributed by atoms with van der Waals surface area (Å²) >= 11 is 4.20. The number of pyridine rings is 1. The van der Waals surface area contributed by atoms with Crippen LogP contribution in [0, 0.1) is 0 Å².